The molecule has 1 fully saturated rings. The molecule has 0 amide bonds. The summed E-state index contributed by atoms with van der Waals surface area (Å²) in [6, 6.07) is -0.940. The largest absolute Gasteiger partial charge is 0.390 e. The monoisotopic (exact) mass is 257 g/mol. The Kier molecular flexibility index (Phi) is 6.11. The summed E-state index contributed by atoms with van der Waals surface area (Å²) < 4.78 is 10.8. The van der Waals surface area contributed by atoms with Gasteiger partial charge in [-0.3, -0.25) is 0 Å². The maximum absolute atomic E-state index is 9.82. The summed E-state index contributed by atoms with van der Waals surface area (Å²) in [5, 5.41) is 22.9. The molecule has 0 radical (unpaired) electrons. The lowest BCUT2D eigenvalue weighted by atomic mass is 9.98. The van der Waals surface area contributed by atoms with Crippen molar-refractivity contribution in [3.8, 4) is 0 Å². The molecule has 2 N–H and O–H groups in total. The first kappa shape index (κ1) is 14.9. The van der Waals surface area contributed by atoms with E-state index in [9.17, 15) is 10.2 Å². The van der Waals surface area contributed by atoms with Crippen LogP contribution in [0.4, 0.5) is 0 Å². The van der Waals surface area contributed by atoms with Gasteiger partial charge in [0.2, 0.25) is 0 Å². The van der Waals surface area contributed by atoms with Crippen LogP contribution in [-0.4, -0.2) is 47.5 Å². The molecule has 0 aromatic heterocycles. The lowest BCUT2D eigenvalue weighted by Crippen LogP contribution is -2.56. The summed E-state index contributed by atoms with van der Waals surface area (Å²) in [6.45, 7) is 5.63. The van der Waals surface area contributed by atoms with Gasteiger partial charge < -0.3 is 19.7 Å². The summed E-state index contributed by atoms with van der Waals surface area (Å²) in [6.07, 6.45) is -0.341. The molecule has 0 aromatic rings. The van der Waals surface area contributed by atoms with E-state index in [2.05, 4.69) is 16.6 Å². The number of hydrogen-bond acceptors (Lipinski definition) is 5. The van der Waals surface area contributed by atoms with Gasteiger partial charge in [0.05, 0.1) is 18.8 Å². The van der Waals surface area contributed by atoms with E-state index in [-0.39, 0.29) is 0 Å². The summed E-state index contributed by atoms with van der Waals surface area (Å²) >= 11 is 0. The van der Waals surface area contributed by atoms with Gasteiger partial charge in [-0.15, -0.1) is 6.58 Å². The van der Waals surface area contributed by atoms with Gasteiger partial charge in [0.1, 0.15) is 12.1 Å². The van der Waals surface area contributed by atoms with Crippen LogP contribution in [0.3, 0.4) is 0 Å². The molecule has 7 nitrogen and oxygen atoms in total. The Morgan fingerprint density at radius 1 is 1.50 bits per heavy atom. The van der Waals surface area contributed by atoms with Gasteiger partial charge in [0.25, 0.3) is 0 Å². The minimum atomic E-state index is -1.19. The first-order chi connectivity index (χ1) is 8.61. The Bertz CT molecular complexity index is 319. The van der Waals surface area contributed by atoms with E-state index in [1.807, 2.05) is 0 Å². The number of unbranched alkanes of at least 4 members (excludes halogenated alkanes) is 1. The molecule has 1 saturated heterocycles. The Morgan fingerprint density at radius 3 is 2.83 bits per heavy atom. The molecule has 1 heterocycles. The molecule has 18 heavy (non-hydrogen) atoms. The highest BCUT2D eigenvalue weighted by atomic mass is 16.7. The molecule has 1 rings (SSSR count). The van der Waals surface area contributed by atoms with Crippen molar-refractivity contribution in [1.29, 1.82) is 0 Å². The minimum absolute atomic E-state index is 0.406. The number of allylic oxidation sites excluding steroid dienone is 1. The molecular formula is C11H19N3O4. The van der Waals surface area contributed by atoms with Crippen molar-refractivity contribution < 1.29 is 19.7 Å². The second-order valence-electron chi connectivity index (χ2n) is 4.19. The standard InChI is InChI=1S/C11H19N3O4/c1-3-4-5-6-17-11-8(13-14-12)10(16)9(15)7(2)18-11/h3,7-11,15-16H,1,4-6H2,2H3/t7-,8-,9+,10-,11+/m0/s1. The van der Waals surface area contributed by atoms with Crippen molar-refractivity contribution in [2.45, 2.75) is 50.4 Å². The number of azide groups is 1. The van der Waals surface area contributed by atoms with Crippen molar-refractivity contribution in [2.24, 2.45) is 5.11 Å². The summed E-state index contributed by atoms with van der Waals surface area (Å²) in [7, 11) is 0. The summed E-state index contributed by atoms with van der Waals surface area (Å²) in [5.74, 6) is 0. The van der Waals surface area contributed by atoms with Crippen LogP contribution in [0, 0.1) is 0 Å². The predicted molar refractivity (Wildman–Crippen MR) is 64.7 cm³/mol. The number of aliphatic hydroxyl groups excluding tert-OH is 2. The minimum Gasteiger partial charge on any atom is -0.390 e. The fraction of sp³-hybridized carbons (Fsp3) is 0.818. The van der Waals surface area contributed by atoms with Crippen LogP contribution in [0.25, 0.3) is 10.4 Å². The molecular weight excluding hydrogens is 238 g/mol. The zero-order chi connectivity index (χ0) is 13.5. The molecule has 0 unspecified atom stereocenters. The second-order valence-corrected chi connectivity index (χ2v) is 4.19. The fourth-order valence-corrected chi connectivity index (χ4v) is 1.76. The van der Waals surface area contributed by atoms with Crippen molar-refractivity contribution in [2.75, 3.05) is 6.61 Å². The Balaban J connectivity index is 2.61. The van der Waals surface area contributed by atoms with Crippen molar-refractivity contribution in [1.82, 2.24) is 0 Å². The van der Waals surface area contributed by atoms with Crippen LogP contribution >= 0.6 is 0 Å². The maximum atomic E-state index is 9.82. The van der Waals surface area contributed by atoms with E-state index in [1.165, 1.54) is 0 Å². The highest BCUT2D eigenvalue weighted by Gasteiger charge is 2.42. The van der Waals surface area contributed by atoms with Gasteiger partial charge in [-0.2, -0.15) is 0 Å². The SMILES string of the molecule is C=CCCCO[C@@H]1O[C@@H](C)[C@@H](O)[C@@H](O)[C@@H]1N=[N+]=[N-]. The van der Waals surface area contributed by atoms with Gasteiger partial charge in [-0.05, 0) is 25.3 Å². The van der Waals surface area contributed by atoms with Crippen LogP contribution in [-0.2, 0) is 9.47 Å². The predicted octanol–water partition coefficient (Wildman–Crippen LogP) is 1.11. The number of nitrogens with zero attached hydrogens (tertiary/aromatic N) is 3. The number of hydrogen-bond donors (Lipinski definition) is 2. The van der Waals surface area contributed by atoms with Crippen LogP contribution in [0.15, 0.2) is 17.8 Å². The first-order valence-electron chi connectivity index (χ1n) is 5.90. The third-order valence-electron chi connectivity index (χ3n) is 2.83. The van der Waals surface area contributed by atoms with E-state index >= 15 is 0 Å². The summed E-state index contributed by atoms with van der Waals surface area (Å²) in [4.78, 5) is 2.64. The molecule has 0 bridgehead atoms. The topological polar surface area (TPSA) is 108 Å². The molecule has 0 spiro atoms. The Morgan fingerprint density at radius 2 is 2.22 bits per heavy atom. The second kappa shape index (κ2) is 7.35. The van der Waals surface area contributed by atoms with E-state index in [0.29, 0.717) is 6.61 Å². The normalized spacial score (nSPS) is 35.8. The van der Waals surface area contributed by atoms with Gasteiger partial charge in [0, 0.05) is 4.91 Å². The molecule has 102 valence electrons. The molecule has 0 saturated carbocycles. The van der Waals surface area contributed by atoms with Crippen molar-refractivity contribution in [3.63, 3.8) is 0 Å². The van der Waals surface area contributed by atoms with E-state index < -0.39 is 30.6 Å². The molecule has 0 aliphatic carbocycles. The highest BCUT2D eigenvalue weighted by molar-refractivity contribution is 4.92. The third-order valence-corrected chi connectivity index (χ3v) is 2.83. The zero-order valence-corrected chi connectivity index (χ0v) is 10.3. The van der Waals surface area contributed by atoms with Crippen molar-refractivity contribution >= 4 is 0 Å². The van der Waals surface area contributed by atoms with Crippen molar-refractivity contribution in [3.05, 3.63) is 23.1 Å². The first-order valence-corrected chi connectivity index (χ1v) is 5.90. The lowest BCUT2D eigenvalue weighted by Gasteiger charge is -2.39. The zero-order valence-electron chi connectivity index (χ0n) is 10.3. The van der Waals surface area contributed by atoms with Crippen LogP contribution < -0.4 is 0 Å². The average Bonchev–Trinajstić information content (AvgIpc) is 2.36. The highest BCUT2D eigenvalue weighted by Crippen LogP contribution is 2.24. The number of rotatable bonds is 6. The Hall–Kier alpha value is -1.11. The van der Waals surface area contributed by atoms with Gasteiger partial charge in [0.15, 0.2) is 6.29 Å². The number of aliphatic hydroxyl groups is 2. The molecule has 1 aliphatic heterocycles. The molecule has 1 aliphatic rings. The van der Waals surface area contributed by atoms with Crippen LogP contribution in [0.2, 0.25) is 0 Å². The quantitative estimate of drug-likeness (QED) is 0.244. The number of ether oxygens (including phenoxy) is 2. The van der Waals surface area contributed by atoms with E-state index in [1.54, 1.807) is 13.0 Å². The third kappa shape index (κ3) is 3.69. The molecule has 7 heteroatoms. The van der Waals surface area contributed by atoms with Gasteiger partial charge in [-0.1, -0.05) is 11.2 Å². The van der Waals surface area contributed by atoms with Crippen LogP contribution in [0.1, 0.15) is 19.8 Å². The van der Waals surface area contributed by atoms with E-state index in [4.69, 9.17) is 15.0 Å². The van der Waals surface area contributed by atoms with E-state index in [0.717, 1.165) is 12.8 Å². The smallest absolute Gasteiger partial charge is 0.169 e. The lowest BCUT2D eigenvalue weighted by molar-refractivity contribution is -0.255. The van der Waals surface area contributed by atoms with Gasteiger partial charge in [-0.25, -0.2) is 0 Å². The molecule has 5 atom stereocenters. The summed E-state index contributed by atoms with van der Waals surface area (Å²) in [5.41, 5.74) is 8.46. The Labute approximate surface area is 106 Å². The molecule has 0 aromatic carbocycles. The van der Waals surface area contributed by atoms with Gasteiger partial charge >= 0.3 is 0 Å². The van der Waals surface area contributed by atoms with Crippen LogP contribution in [0.5, 0.6) is 0 Å². The fourth-order valence-electron chi connectivity index (χ4n) is 1.76. The maximum Gasteiger partial charge on any atom is 0.169 e. The average molecular weight is 257 g/mol.